The molecule has 4 atom stereocenters. The molecule has 2 aromatic carbocycles. The number of β-lactam (4-membered cyclic amide) rings is 1. The van der Waals surface area contributed by atoms with E-state index < -0.39 is 50.6 Å². The number of nitro benzene ring substituents is 1. The van der Waals surface area contributed by atoms with Crippen LogP contribution < -0.4 is 5.32 Å². The number of carbonyl (C=O) groups excluding carboxylic acids is 3. The Labute approximate surface area is 208 Å². The minimum atomic E-state index is -2.12. The normalized spacial score (nSPS) is 18.7. The van der Waals surface area contributed by atoms with Gasteiger partial charge in [0.05, 0.1) is 21.7 Å². The van der Waals surface area contributed by atoms with Crippen LogP contribution in [0, 0.1) is 10.1 Å². The second-order valence-electron chi connectivity index (χ2n) is 7.87. The van der Waals surface area contributed by atoms with Crippen LogP contribution in [0.1, 0.15) is 18.1 Å². The maximum Gasteiger partial charge on any atom is 0.333 e. The van der Waals surface area contributed by atoms with Gasteiger partial charge in [-0.2, -0.15) is 0 Å². The molecule has 0 aromatic heterocycles. The summed E-state index contributed by atoms with van der Waals surface area (Å²) in [5, 5.41) is 12.1. The van der Waals surface area contributed by atoms with Gasteiger partial charge < -0.3 is 14.6 Å². The molecule has 184 valence electrons. The average molecular weight is 520 g/mol. The Morgan fingerprint density at radius 1 is 1.20 bits per heavy atom. The van der Waals surface area contributed by atoms with Gasteiger partial charge in [0.2, 0.25) is 11.3 Å². The highest BCUT2D eigenvalue weighted by atomic mass is 35.7. The van der Waals surface area contributed by atoms with Crippen LogP contribution in [0.2, 0.25) is 0 Å². The molecule has 3 rings (SSSR count). The van der Waals surface area contributed by atoms with E-state index >= 15 is 0 Å². The van der Waals surface area contributed by atoms with Gasteiger partial charge in [0.25, 0.3) is 11.6 Å². The Balaban J connectivity index is 1.67. The van der Waals surface area contributed by atoms with Gasteiger partial charge in [0.1, 0.15) is 6.61 Å². The summed E-state index contributed by atoms with van der Waals surface area (Å²) < 4.78 is 17.5. The molecule has 1 heterocycles. The van der Waals surface area contributed by atoms with Gasteiger partial charge in [-0.25, -0.2) is 4.79 Å². The standard InChI is InChI=1S/C23H22ClN3O7S/c1-14(2)20(23(30)34-13-16-8-10-17(11-9-16)27(31)32)26-21(29)19(22(26)35(24)33)25-18(28)12-15-6-4-3-5-7-15/h3-11,19-20,22H,1,12-13H2,2H3,(H,25,28). The summed E-state index contributed by atoms with van der Waals surface area (Å²) in [5.41, 5.74) is 1.35. The molecular weight excluding hydrogens is 498 g/mol. The van der Waals surface area contributed by atoms with E-state index in [-0.39, 0.29) is 24.3 Å². The number of rotatable bonds is 10. The van der Waals surface area contributed by atoms with Crippen LogP contribution in [0.25, 0.3) is 0 Å². The zero-order chi connectivity index (χ0) is 25.7. The first-order chi connectivity index (χ1) is 16.6. The van der Waals surface area contributed by atoms with E-state index in [1.54, 1.807) is 30.3 Å². The average Bonchev–Trinajstić information content (AvgIpc) is 2.81. The van der Waals surface area contributed by atoms with Crippen LogP contribution in [0.3, 0.4) is 0 Å². The highest BCUT2D eigenvalue weighted by molar-refractivity contribution is 8.14. The smallest absolute Gasteiger partial charge is 0.333 e. The summed E-state index contributed by atoms with van der Waals surface area (Å²) in [6.07, 6.45) is 0.00740. The zero-order valence-corrected chi connectivity index (χ0v) is 20.2. The molecule has 35 heavy (non-hydrogen) atoms. The third-order valence-corrected chi connectivity index (χ3v) is 6.72. The molecule has 1 aliphatic rings. The van der Waals surface area contributed by atoms with E-state index in [1.807, 2.05) is 0 Å². The number of benzene rings is 2. The summed E-state index contributed by atoms with van der Waals surface area (Å²) in [7, 11) is 3.72. The number of non-ortho nitro benzene ring substituents is 1. The SMILES string of the molecule is C=C(C)C(C(=O)OCc1ccc([N+](=O)[O-])cc1)N1C(=O)C(NC(=O)Cc2ccccc2)C1[S+]([O-])Cl. The van der Waals surface area contributed by atoms with Gasteiger partial charge in [0.15, 0.2) is 22.8 Å². The van der Waals surface area contributed by atoms with E-state index in [0.717, 1.165) is 10.5 Å². The van der Waals surface area contributed by atoms with Crippen molar-refractivity contribution in [2.75, 3.05) is 0 Å². The van der Waals surface area contributed by atoms with Crippen molar-refractivity contribution < 1.29 is 28.6 Å². The van der Waals surface area contributed by atoms with Crippen molar-refractivity contribution in [3.8, 4) is 0 Å². The Kier molecular flexibility index (Phi) is 8.49. The lowest BCUT2D eigenvalue weighted by Gasteiger charge is -2.47. The third-order valence-electron chi connectivity index (χ3n) is 5.29. The van der Waals surface area contributed by atoms with Crippen LogP contribution in [-0.4, -0.2) is 49.6 Å². The van der Waals surface area contributed by atoms with Gasteiger partial charge in [-0.1, -0.05) is 36.9 Å². The Hall–Kier alpha value is -3.41. The van der Waals surface area contributed by atoms with Crippen LogP contribution in [-0.2, 0) is 42.5 Å². The molecule has 12 heteroatoms. The number of halogens is 1. The molecule has 0 radical (unpaired) electrons. The topological polar surface area (TPSA) is 142 Å². The number of nitrogens with one attached hydrogen (secondary N) is 1. The van der Waals surface area contributed by atoms with Gasteiger partial charge in [-0.15, -0.1) is 0 Å². The van der Waals surface area contributed by atoms with Crippen LogP contribution in [0.5, 0.6) is 0 Å². The lowest BCUT2D eigenvalue weighted by atomic mass is 9.99. The van der Waals surface area contributed by atoms with Gasteiger partial charge in [0, 0.05) is 12.1 Å². The second-order valence-corrected chi connectivity index (χ2v) is 9.76. The van der Waals surface area contributed by atoms with Crippen LogP contribution >= 0.6 is 10.7 Å². The van der Waals surface area contributed by atoms with Crippen molar-refractivity contribution in [2.24, 2.45) is 0 Å². The fourth-order valence-electron chi connectivity index (χ4n) is 3.60. The largest absolute Gasteiger partial charge is 0.597 e. The zero-order valence-electron chi connectivity index (χ0n) is 18.6. The molecule has 0 aliphatic carbocycles. The minimum absolute atomic E-state index is 0.00740. The summed E-state index contributed by atoms with van der Waals surface area (Å²) in [5.74, 6) is -1.95. The lowest BCUT2D eigenvalue weighted by molar-refractivity contribution is -0.384. The third kappa shape index (κ3) is 6.18. The molecule has 2 amide bonds. The maximum atomic E-state index is 12.9. The Bertz CT molecular complexity index is 1130. The number of hydrogen-bond acceptors (Lipinski definition) is 7. The van der Waals surface area contributed by atoms with Crippen molar-refractivity contribution in [1.29, 1.82) is 0 Å². The van der Waals surface area contributed by atoms with Gasteiger partial charge >= 0.3 is 5.97 Å². The molecule has 4 unspecified atom stereocenters. The Morgan fingerprint density at radius 2 is 1.83 bits per heavy atom. The lowest BCUT2D eigenvalue weighted by Crippen LogP contribution is -2.75. The number of amides is 2. The number of nitrogens with zero attached hydrogens (tertiary/aromatic N) is 2. The van der Waals surface area contributed by atoms with E-state index in [1.165, 1.54) is 31.2 Å². The molecule has 2 aromatic rings. The first-order valence-electron chi connectivity index (χ1n) is 10.4. The van der Waals surface area contributed by atoms with Crippen molar-refractivity contribution in [3.63, 3.8) is 0 Å². The molecular formula is C23H22ClN3O7S. The van der Waals surface area contributed by atoms with E-state index in [9.17, 15) is 29.1 Å². The first kappa shape index (κ1) is 26.2. The van der Waals surface area contributed by atoms with E-state index in [4.69, 9.17) is 15.4 Å². The number of esters is 1. The summed E-state index contributed by atoms with van der Waals surface area (Å²) in [6, 6.07) is 11.8. The summed E-state index contributed by atoms with van der Waals surface area (Å²) >= 11 is 0. The number of likely N-dealkylation sites (tertiary alicyclic amines) is 1. The van der Waals surface area contributed by atoms with Crippen molar-refractivity contribution in [1.82, 2.24) is 10.2 Å². The molecule has 0 spiro atoms. The molecule has 1 N–H and O–H groups in total. The summed E-state index contributed by atoms with van der Waals surface area (Å²) in [4.78, 5) is 49.4. The number of ether oxygens (including phenoxy) is 1. The fraction of sp³-hybridized carbons (Fsp3) is 0.261. The van der Waals surface area contributed by atoms with Crippen molar-refractivity contribution in [3.05, 3.63) is 88.0 Å². The fourth-order valence-corrected chi connectivity index (χ4v) is 4.96. The molecule has 1 fully saturated rings. The van der Waals surface area contributed by atoms with Crippen molar-refractivity contribution in [2.45, 2.75) is 37.4 Å². The van der Waals surface area contributed by atoms with Crippen LogP contribution in [0.15, 0.2) is 66.7 Å². The number of carbonyl (C=O) groups is 3. The van der Waals surface area contributed by atoms with Crippen molar-refractivity contribution >= 4 is 44.5 Å². The van der Waals surface area contributed by atoms with Crippen LogP contribution in [0.4, 0.5) is 5.69 Å². The Morgan fingerprint density at radius 3 is 2.37 bits per heavy atom. The minimum Gasteiger partial charge on any atom is -0.597 e. The molecule has 0 saturated carbocycles. The van der Waals surface area contributed by atoms with E-state index in [2.05, 4.69) is 11.9 Å². The quantitative estimate of drug-likeness (QED) is 0.127. The predicted molar refractivity (Wildman–Crippen MR) is 128 cm³/mol. The van der Waals surface area contributed by atoms with E-state index in [0.29, 0.717) is 5.56 Å². The molecule has 1 aliphatic heterocycles. The molecule has 0 bridgehead atoms. The van der Waals surface area contributed by atoms with Gasteiger partial charge in [-0.3, -0.25) is 24.6 Å². The monoisotopic (exact) mass is 519 g/mol. The van der Waals surface area contributed by atoms with Gasteiger partial charge in [-0.05, 0) is 35.8 Å². The highest BCUT2D eigenvalue weighted by Crippen LogP contribution is 2.33. The molecule has 10 nitrogen and oxygen atoms in total. The molecule has 1 saturated heterocycles. The highest BCUT2D eigenvalue weighted by Gasteiger charge is 2.60. The summed E-state index contributed by atoms with van der Waals surface area (Å²) in [6.45, 7) is 5.02. The maximum absolute atomic E-state index is 12.9. The number of nitro groups is 1. The second kappa shape index (κ2) is 11.3. The number of hydrogen-bond donors (Lipinski definition) is 1. The first-order valence-corrected chi connectivity index (χ1v) is 12.4. The predicted octanol–water partition coefficient (Wildman–Crippen LogP) is 2.38.